The van der Waals surface area contributed by atoms with E-state index in [2.05, 4.69) is 15.6 Å². The second-order valence-corrected chi connectivity index (χ2v) is 6.30. The summed E-state index contributed by atoms with van der Waals surface area (Å²) in [7, 11) is 0. The van der Waals surface area contributed by atoms with E-state index in [1.807, 2.05) is 36.6 Å². The van der Waals surface area contributed by atoms with Crippen LogP contribution in [0.25, 0.3) is 10.6 Å². The highest BCUT2D eigenvalue weighted by molar-refractivity contribution is 7.13. The third kappa shape index (κ3) is 3.84. The van der Waals surface area contributed by atoms with E-state index < -0.39 is 0 Å². The van der Waals surface area contributed by atoms with E-state index in [1.54, 1.807) is 11.3 Å². The van der Waals surface area contributed by atoms with Gasteiger partial charge in [-0.3, -0.25) is 0 Å². The Morgan fingerprint density at radius 3 is 3.14 bits per heavy atom. The minimum absolute atomic E-state index is 0.181. The quantitative estimate of drug-likeness (QED) is 0.909. The van der Waals surface area contributed by atoms with Gasteiger partial charge in [0.15, 0.2) is 0 Å². The van der Waals surface area contributed by atoms with E-state index >= 15 is 0 Å². The van der Waals surface area contributed by atoms with Gasteiger partial charge in [-0.1, -0.05) is 12.1 Å². The van der Waals surface area contributed by atoms with E-state index in [9.17, 15) is 4.79 Å². The lowest BCUT2D eigenvalue weighted by Crippen LogP contribution is -2.33. The lowest BCUT2D eigenvalue weighted by atomic mass is 10.1. The normalized spacial score (nSPS) is 17.4. The van der Waals surface area contributed by atoms with E-state index in [-0.39, 0.29) is 6.03 Å². The number of nitrogens with zero attached hydrogens (tertiary/aromatic N) is 1. The van der Waals surface area contributed by atoms with Crippen molar-refractivity contribution in [1.29, 1.82) is 0 Å². The molecule has 1 fully saturated rings. The number of rotatable bonds is 4. The molecule has 22 heavy (non-hydrogen) atoms. The van der Waals surface area contributed by atoms with Gasteiger partial charge in [-0.15, -0.1) is 11.3 Å². The second kappa shape index (κ2) is 6.89. The van der Waals surface area contributed by atoms with Crippen molar-refractivity contribution in [3.63, 3.8) is 0 Å². The van der Waals surface area contributed by atoms with Gasteiger partial charge in [-0.2, -0.15) is 0 Å². The molecule has 0 bridgehead atoms. The molecule has 1 aliphatic rings. The third-order valence-corrected chi connectivity index (χ3v) is 4.57. The summed E-state index contributed by atoms with van der Waals surface area (Å²) in [6.45, 7) is 4.15. The summed E-state index contributed by atoms with van der Waals surface area (Å²) in [4.78, 5) is 16.4. The van der Waals surface area contributed by atoms with E-state index in [0.29, 0.717) is 12.5 Å². The summed E-state index contributed by atoms with van der Waals surface area (Å²) in [6, 6.07) is 7.56. The third-order valence-electron chi connectivity index (χ3n) is 3.56. The fraction of sp³-hybridized carbons (Fsp3) is 0.375. The van der Waals surface area contributed by atoms with Crippen molar-refractivity contribution in [3.8, 4) is 10.6 Å². The molecule has 1 aliphatic heterocycles. The lowest BCUT2D eigenvalue weighted by Gasteiger charge is -2.11. The largest absolute Gasteiger partial charge is 0.381 e. The molecule has 0 saturated carbocycles. The number of anilines is 1. The Kier molecular flexibility index (Phi) is 4.70. The number of benzene rings is 1. The number of urea groups is 1. The standard InChI is InChI=1S/C16H19N3O2S/c1-11-10-22-15(18-11)13-3-2-4-14(7-13)19-16(20)17-8-12-5-6-21-9-12/h2-4,7,10,12H,5-6,8-9H2,1H3,(H2,17,19,20)/t12-/m0/s1. The minimum atomic E-state index is -0.181. The summed E-state index contributed by atoms with van der Waals surface area (Å²) in [5, 5.41) is 8.74. The number of carbonyl (C=O) groups is 1. The molecular weight excluding hydrogens is 298 g/mol. The van der Waals surface area contributed by atoms with Crippen LogP contribution in [0.3, 0.4) is 0 Å². The maximum atomic E-state index is 11.9. The highest BCUT2D eigenvalue weighted by Crippen LogP contribution is 2.25. The first-order valence-electron chi connectivity index (χ1n) is 7.36. The maximum Gasteiger partial charge on any atom is 0.319 e. The van der Waals surface area contributed by atoms with Crippen LogP contribution >= 0.6 is 11.3 Å². The second-order valence-electron chi connectivity index (χ2n) is 5.44. The van der Waals surface area contributed by atoms with Crippen molar-refractivity contribution in [1.82, 2.24) is 10.3 Å². The van der Waals surface area contributed by atoms with Crippen molar-refractivity contribution >= 4 is 23.1 Å². The SMILES string of the molecule is Cc1csc(-c2cccc(NC(=O)NC[C@@H]3CCOC3)c2)n1. The Bertz CT molecular complexity index is 650. The summed E-state index contributed by atoms with van der Waals surface area (Å²) < 4.78 is 5.30. The average Bonchev–Trinajstić information content (AvgIpc) is 3.17. The molecule has 5 nitrogen and oxygen atoms in total. The topological polar surface area (TPSA) is 63.2 Å². The van der Waals surface area contributed by atoms with Gasteiger partial charge in [-0.05, 0) is 25.5 Å². The first-order chi connectivity index (χ1) is 10.7. The molecule has 1 aromatic heterocycles. The number of hydrogen-bond acceptors (Lipinski definition) is 4. The Hall–Kier alpha value is -1.92. The van der Waals surface area contributed by atoms with Crippen LogP contribution in [-0.2, 0) is 4.74 Å². The smallest absolute Gasteiger partial charge is 0.319 e. The summed E-state index contributed by atoms with van der Waals surface area (Å²) in [6.07, 6.45) is 1.01. The van der Waals surface area contributed by atoms with Crippen molar-refractivity contribution in [2.45, 2.75) is 13.3 Å². The van der Waals surface area contributed by atoms with Crippen LogP contribution in [0.4, 0.5) is 10.5 Å². The predicted molar refractivity (Wildman–Crippen MR) is 88.2 cm³/mol. The van der Waals surface area contributed by atoms with Gasteiger partial charge < -0.3 is 15.4 Å². The van der Waals surface area contributed by atoms with Crippen LogP contribution in [0, 0.1) is 12.8 Å². The first kappa shape index (κ1) is 15.0. The summed E-state index contributed by atoms with van der Waals surface area (Å²) in [5.41, 5.74) is 2.79. The number of thiazole rings is 1. The van der Waals surface area contributed by atoms with Crippen molar-refractivity contribution < 1.29 is 9.53 Å². The highest BCUT2D eigenvalue weighted by Gasteiger charge is 2.16. The average molecular weight is 317 g/mol. The van der Waals surface area contributed by atoms with Gasteiger partial charge in [0.1, 0.15) is 5.01 Å². The summed E-state index contributed by atoms with van der Waals surface area (Å²) in [5.74, 6) is 0.426. The molecule has 0 unspecified atom stereocenters. The zero-order chi connectivity index (χ0) is 15.4. The monoisotopic (exact) mass is 317 g/mol. The molecule has 0 aliphatic carbocycles. The zero-order valence-corrected chi connectivity index (χ0v) is 13.3. The predicted octanol–water partition coefficient (Wildman–Crippen LogP) is 3.28. The number of hydrogen-bond donors (Lipinski definition) is 2. The maximum absolute atomic E-state index is 11.9. The van der Waals surface area contributed by atoms with Crippen LogP contribution < -0.4 is 10.6 Å². The summed E-state index contributed by atoms with van der Waals surface area (Å²) >= 11 is 1.60. The van der Waals surface area contributed by atoms with Crippen molar-refractivity contribution in [2.75, 3.05) is 25.1 Å². The Morgan fingerprint density at radius 1 is 1.50 bits per heavy atom. The van der Waals surface area contributed by atoms with Crippen molar-refractivity contribution in [2.24, 2.45) is 5.92 Å². The van der Waals surface area contributed by atoms with Crippen LogP contribution in [0.15, 0.2) is 29.6 Å². The molecule has 116 valence electrons. The molecule has 3 rings (SSSR count). The van der Waals surface area contributed by atoms with E-state index in [0.717, 1.165) is 41.6 Å². The van der Waals surface area contributed by atoms with Crippen LogP contribution in [0.2, 0.25) is 0 Å². The number of aryl methyl sites for hydroxylation is 1. The molecule has 1 saturated heterocycles. The van der Waals surface area contributed by atoms with Crippen LogP contribution in [-0.4, -0.2) is 30.8 Å². The van der Waals surface area contributed by atoms with Gasteiger partial charge in [0, 0.05) is 41.4 Å². The number of ether oxygens (including phenoxy) is 1. The fourth-order valence-electron chi connectivity index (χ4n) is 2.37. The molecule has 0 spiro atoms. The van der Waals surface area contributed by atoms with Crippen LogP contribution in [0.1, 0.15) is 12.1 Å². The number of nitrogens with one attached hydrogen (secondary N) is 2. The van der Waals surface area contributed by atoms with Crippen LogP contribution in [0.5, 0.6) is 0 Å². The van der Waals surface area contributed by atoms with Gasteiger partial charge in [0.2, 0.25) is 0 Å². The Labute approximate surface area is 133 Å². The molecular formula is C16H19N3O2S. The number of aromatic nitrogens is 1. The molecule has 2 aromatic rings. The first-order valence-corrected chi connectivity index (χ1v) is 8.24. The van der Waals surface area contributed by atoms with Gasteiger partial charge in [0.25, 0.3) is 0 Å². The fourth-order valence-corrected chi connectivity index (χ4v) is 3.17. The molecule has 1 aromatic carbocycles. The Morgan fingerprint density at radius 2 is 2.41 bits per heavy atom. The zero-order valence-electron chi connectivity index (χ0n) is 12.5. The number of amides is 2. The van der Waals surface area contributed by atoms with Crippen molar-refractivity contribution in [3.05, 3.63) is 35.3 Å². The highest BCUT2D eigenvalue weighted by atomic mass is 32.1. The van der Waals surface area contributed by atoms with Gasteiger partial charge in [-0.25, -0.2) is 9.78 Å². The van der Waals surface area contributed by atoms with E-state index in [1.165, 1.54) is 0 Å². The molecule has 1 atom stereocenters. The lowest BCUT2D eigenvalue weighted by molar-refractivity contribution is 0.185. The molecule has 2 N–H and O–H groups in total. The molecule has 2 heterocycles. The molecule has 2 amide bonds. The molecule has 0 radical (unpaired) electrons. The van der Waals surface area contributed by atoms with Gasteiger partial charge in [0.05, 0.1) is 6.61 Å². The minimum Gasteiger partial charge on any atom is -0.381 e. The Balaban J connectivity index is 1.58. The van der Waals surface area contributed by atoms with E-state index in [4.69, 9.17) is 4.74 Å². The van der Waals surface area contributed by atoms with Gasteiger partial charge >= 0.3 is 6.03 Å². The number of carbonyl (C=O) groups excluding carboxylic acids is 1. The molecule has 6 heteroatoms.